The third kappa shape index (κ3) is 3.80. The molecule has 0 atom stereocenters. The van der Waals surface area contributed by atoms with Crippen LogP contribution >= 0.6 is 0 Å². The molecule has 1 aliphatic carbocycles. The standard InChI is InChI=1S/C14H24N4O/c1-3-8-16-11-4-6-12(7-5-11)17-14(19)13-9-15-10-18(13)2/h9-12,16H,3-8H2,1-2H3,(H,17,19). The lowest BCUT2D eigenvalue weighted by atomic mass is 9.91. The van der Waals surface area contributed by atoms with Crippen molar-refractivity contribution in [1.29, 1.82) is 0 Å². The summed E-state index contributed by atoms with van der Waals surface area (Å²) in [6.45, 7) is 3.28. The fourth-order valence-electron chi connectivity index (χ4n) is 2.63. The Kier molecular flexibility index (Phi) is 4.96. The number of aromatic nitrogens is 2. The Labute approximate surface area is 114 Å². The van der Waals surface area contributed by atoms with Gasteiger partial charge in [0.05, 0.1) is 12.5 Å². The first-order valence-electron chi connectivity index (χ1n) is 7.21. The predicted octanol–water partition coefficient (Wildman–Crippen LogP) is 1.46. The third-order valence-electron chi connectivity index (χ3n) is 3.79. The van der Waals surface area contributed by atoms with Gasteiger partial charge >= 0.3 is 0 Å². The molecule has 1 amide bonds. The smallest absolute Gasteiger partial charge is 0.269 e. The van der Waals surface area contributed by atoms with Crippen LogP contribution in [-0.4, -0.2) is 34.1 Å². The van der Waals surface area contributed by atoms with Crippen molar-refractivity contribution >= 4 is 5.91 Å². The molecule has 0 saturated heterocycles. The number of imidazole rings is 1. The van der Waals surface area contributed by atoms with E-state index in [0.29, 0.717) is 17.8 Å². The van der Waals surface area contributed by atoms with E-state index in [1.165, 1.54) is 6.42 Å². The van der Waals surface area contributed by atoms with Gasteiger partial charge in [-0.25, -0.2) is 4.98 Å². The molecule has 2 N–H and O–H groups in total. The molecule has 1 aliphatic rings. The molecule has 0 unspecified atom stereocenters. The van der Waals surface area contributed by atoms with Crippen molar-refractivity contribution in [2.45, 2.75) is 51.1 Å². The third-order valence-corrected chi connectivity index (χ3v) is 3.79. The highest BCUT2D eigenvalue weighted by atomic mass is 16.2. The maximum Gasteiger partial charge on any atom is 0.269 e. The Morgan fingerprint density at radius 1 is 1.37 bits per heavy atom. The summed E-state index contributed by atoms with van der Waals surface area (Å²) in [6.07, 6.45) is 8.87. The van der Waals surface area contributed by atoms with Gasteiger partial charge < -0.3 is 15.2 Å². The van der Waals surface area contributed by atoms with Crippen LogP contribution in [0.1, 0.15) is 49.5 Å². The molecule has 1 aromatic rings. The lowest BCUT2D eigenvalue weighted by Crippen LogP contribution is -2.42. The molecule has 1 aromatic heterocycles. The van der Waals surface area contributed by atoms with Crippen LogP contribution in [0, 0.1) is 0 Å². The van der Waals surface area contributed by atoms with E-state index >= 15 is 0 Å². The Morgan fingerprint density at radius 3 is 2.63 bits per heavy atom. The van der Waals surface area contributed by atoms with E-state index in [0.717, 1.165) is 32.2 Å². The van der Waals surface area contributed by atoms with Gasteiger partial charge in [-0.2, -0.15) is 0 Å². The summed E-state index contributed by atoms with van der Waals surface area (Å²) in [5.74, 6) is -0.00929. The van der Waals surface area contributed by atoms with E-state index in [4.69, 9.17) is 0 Å². The zero-order chi connectivity index (χ0) is 13.7. The molecular formula is C14H24N4O. The number of carbonyl (C=O) groups excluding carboxylic acids is 1. The summed E-state index contributed by atoms with van der Waals surface area (Å²) in [6, 6.07) is 0.937. The van der Waals surface area contributed by atoms with E-state index in [2.05, 4.69) is 22.5 Å². The van der Waals surface area contributed by atoms with Crippen molar-refractivity contribution in [2.24, 2.45) is 7.05 Å². The highest BCUT2D eigenvalue weighted by Gasteiger charge is 2.22. The van der Waals surface area contributed by atoms with E-state index in [1.807, 2.05) is 7.05 Å². The maximum absolute atomic E-state index is 12.1. The zero-order valence-electron chi connectivity index (χ0n) is 11.9. The summed E-state index contributed by atoms with van der Waals surface area (Å²) < 4.78 is 1.75. The molecule has 0 aliphatic heterocycles. The molecule has 0 bridgehead atoms. The predicted molar refractivity (Wildman–Crippen MR) is 75.0 cm³/mol. The van der Waals surface area contributed by atoms with Crippen LogP contribution in [0.2, 0.25) is 0 Å². The van der Waals surface area contributed by atoms with Gasteiger partial charge in [-0.1, -0.05) is 6.92 Å². The van der Waals surface area contributed by atoms with Gasteiger partial charge in [0.25, 0.3) is 5.91 Å². The lowest BCUT2D eigenvalue weighted by Gasteiger charge is -2.29. The summed E-state index contributed by atoms with van der Waals surface area (Å²) in [4.78, 5) is 16.0. The molecule has 0 aromatic carbocycles. The summed E-state index contributed by atoms with van der Waals surface area (Å²) >= 11 is 0. The van der Waals surface area contributed by atoms with Gasteiger partial charge in [-0.3, -0.25) is 4.79 Å². The second-order valence-corrected chi connectivity index (χ2v) is 5.37. The largest absolute Gasteiger partial charge is 0.348 e. The quantitative estimate of drug-likeness (QED) is 0.846. The van der Waals surface area contributed by atoms with E-state index in [-0.39, 0.29) is 5.91 Å². The van der Waals surface area contributed by atoms with Crippen LogP contribution in [0.5, 0.6) is 0 Å². The summed E-state index contributed by atoms with van der Waals surface area (Å²) in [5, 5.41) is 6.67. The fourth-order valence-corrected chi connectivity index (χ4v) is 2.63. The highest BCUT2D eigenvalue weighted by molar-refractivity contribution is 5.92. The van der Waals surface area contributed by atoms with E-state index in [9.17, 15) is 4.79 Å². The number of amides is 1. The molecule has 106 valence electrons. The fraction of sp³-hybridized carbons (Fsp3) is 0.714. The molecule has 5 nitrogen and oxygen atoms in total. The highest BCUT2D eigenvalue weighted by Crippen LogP contribution is 2.19. The van der Waals surface area contributed by atoms with Crippen molar-refractivity contribution in [3.05, 3.63) is 18.2 Å². The van der Waals surface area contributed by atoms with Gasteiger partial charge in [-0.05, 0) is 38.6 Å². The van der Waals surface area contributed by atoms with E-state index in [1.54, 1.807) is 17.1 Å². The molecule has 2 rings (SSSR count). The van der Waals surface area contributed by atoms with Crippen molar-refractivity contribution in [3.63, 3.8) is 0 Å². The monoisotopic (exact) mass is 264 g/mol. The Hall–Kier alpha value is -1.36. The molecule has 1 saturated carbocycles. The van der Waals surface area contributed by atoms with Crippen molar-refractivity contribution < 1.29 is 4.79 Å². The van der Waals surface area contributed by atoms with Gasteiger partial charge in [-0.15, -0.1) is 0 Å². The minimum absolute atomic E-state index is 0.00929. The van der Waals surface area contributed by atoms with Crippen molar-refractivity contribution in [3.8, 4) is 0 Å². The van der Waals surface area contributed by atoms with Crippen LogP contribution in [0.25, 0.3) is 0 Å². The van der Waals surface area contributed by atoms with Crippen LogP contribution in [0.4, 0.5) is 0 Å². The molecule has 0 spiro atoms. The Morgan fingerprint density at radius 2 is 2.05 bits per heavy atom. The number of nitrogens with one attached hydrogen (secondary N) is 2. The summed E-state index contributed by atoms with van der Waals surface area (Å²) in [7, 11) is 1.84. The topological polar surface area (TPSA) is 58.9 Å². The lowest BCUT2D eigenvalue weighted by molar-refractivity contribution is 0.0916. The SMILES string of the molecule is CCCNC1CCC(NC(=O)c2cncn2C)CC1. The van der Waals surface area contributed by atoms with Crippen molar-refractivity contribution in [2.75, 3.05) is 6.54 Å². The van der Waals surface area contributed by atoms with E-state index < -0.39 is 0 Å². The first kappa shape index (κ1) is 14.1. The molecule has 19 heavy (non-hydrogen) atoms. The summed E-state index contributed by atoms with van der Waals surface area (Å²) in [5.41, 5.74) is 0.631. The van der Waals surface area contributed by atoms with Crippen LogP contribution in [0.3, 0.4) is 0 Å². The van der Waals surface area contributed by atoms with Crippen molar-refractivity contribution in [1.82, 2.24) is 20.2 Å². The number of aryl methyl sites for hydroxylation is 1. The number of hydrogen-bond donors (Lipinski definition) is 2. The average molecular weight is 264 g/mol. The van der Waals surface area contributed by atoms with Gasteiger partial charge in [0.2, 0.25) is 0 Å². The van der Waals surface area contributed by atoms with Gasteiger partial charge in [0.1, 0.15) is 5.69 Å². The molecular weight excluding hydrogens is 240 g/mol. The average Bonchev–Trinajstić information content (AvgIpc) is 2.84. The molecule has 1 fully saturated rings. The van der Waals surface area contributed by atoms with Crippen LogP contribution in [-0.2, 0) is 7.05 Å². The molecule has 1 heterocycles. The second kappa shape index (κ2) is 6.70. The number of nitrogens with zero attached hydrogens (tertiary/aromatic N) is 2. The molecule has 0 radical (unpaired) electrons. The number of rotatable bonds is 5. The number of carbonyl (C=O) groups is 1. The van der Waals surface area contributed by atoms with Crippen LogP contribution in [0.15, 0.2) is 12.5 Å². The zero-order valence-corrected chi connectivity index (χ0v) is 11.9. The molecule has 5 heteroatoms. The van der Waals surface area contributed by atoms with Gasteiger partial charge in [0.15, 0.2) is 0 Å². The second-order valence-electron chi connectivity index (χ2n) is 5.37. The Bertz CT molecular complexity index is 407. The Balaban J connectivity index is 1.77. The van der Waals surface area contributed by atoms with Crippen LogP contribution < -0.4 is 10.6 Å². The minimum atomic E-state index is -0.00929. The normalized spacial score (nSPS) is 23.3. The minimum Gasteiger partial charge on any atom is -0.348 e. The van der Waals surface area contributed by atoms with Gasteiger partial charge in [0, 0.05) is 19.1 Å². The first-order chi connectivity index (χ1) is 9.20. The maximum atomic E-state index is 12.1. The number of hydrogen-bond acceptors (Lipinski definition) is 3. The first-order valence-corrected chi connectivity index (χ1v) is 7.21.